The van der Waals surface area contributed by atoms with E-state index >= 15 is 0 Å². The SMILES string of the molecule is CN1NC(C(F)(F)F)CC1C(=O)N[C@@H]1C[C@H](NC(=O)COc2ccc(Cl)c(F)c2)C2CC1C2. The smallest absolute Gasteiger partial charge is 0.405 e. The van der Waals surface area contributed by atoms with Crippen LogP contribution in [0.5, 0.6) is 5.75 Å². The van der Waals surface area contributed by atoms with Gasteiger partial charge in [0.05, 0.1) is 5.02 Å². The summed E-state index contributed by atoms with van der Waals surface area (Å²) >= 11 is 5.62. The molecule has 5 rings (SSSR count). The number of hydrogen-bond donors (Lipinski definition) is 3. The first-order chi connectivity index (χ1) is 15.5. The number of nitrogens with zero attached hydrogens (tertiary/aromatic N) is 1. The van der Waals surface area contributed by atoms with Gasteiger partial charge in [0.15, 0.2) is 6.61 Å². The van der Waals surface area contributed by atoms with Crippen molar-refractivity contribution in [2.24, 2.45) is 11.8 Å². The van der Waals surface area contributed by atoms with E-state index < -0.39 is 30.0 Å². The quantitative estimate of drug-likeness (QED) is 0.531. The molecule has 12 heteroatoms. The van der Waals surface area contributed by atoms with Crippen LogP contribution in [0.25, 0.3) is 0 Å². The van der Waals surface area contributed by atoms with Crippen LogP contribution in [0.3, 0.4) is 0 Å². The topological polar surface area (TPSA) is 82.7 Å². The fourth-order valence-corrected chi connectivity index (χ4v) is 5.00. The highest BCUT2D eigenvalue weighted by Crippen LogP contribution is 2.46. The van der Waals surface area contributed by atoms with Crippen LogP contribution in [0.1, 0.15) is 25.7 Å². The summed E-state index contributed by atoms with van der Waals surface area (Å²) in [7, 11) is 1.42. The number of hydrazine groups is 1. The molecule has 4 atom stereocenters. The highest BCUT2D eigenvalue weighted by Gasteiger charge is 2.50. The Hall–Kier alpha value is -2.11. The number of carbonyl (C=O) groups excluding carboxylic acids is 2. The third-order valence-corrected chi connectivity index (χ3v) is 7.08. The average molecular weight is 493 g/mol. The molecule has 1 heterocycles. The van der Waals surface area contributed by atoms with Gasteiger partial charge >= 0.3 is 6.18 Å². The van der Waals surface area contributed by atoms with Gasteiger partial charge in [-0.1, -0.05) is 11.6 Å². The zero-order chi connectivity index (χ0) is 23.9. The first kappa shape index (κ1) is 24.0. The van der Waals surface area contributed by atoms with Crippen LogP contribution in [-0.2, 0) is 9.59 Å². The molecule has 3 N–H and O–H groups in total. The Bertz CT molecular complexity index is 912. The lowest BCUT2D eigenvalue weighted by atomic mass is 9.60. The Kier molecular flexibility index (Phi) is 6.75. The van der Waals surface area contributed by atoms with Crippen molar-refractivity contribution < 1.29 is 31.9 Å². The fraction of sp³-hybridized carbons (Fsp3) is 0.619. The Labute approximate surface area is 193 Å². The van der Waals surface area contributed by atoms with E-state index in [1.54, 1.807) is 0 Å². The minimum atomic E-state index is -4.43. The number of hydrogen-bond acceptors (Lipinski definition) is 5. The Morgan fingerprint density at radius 1 is 1.15 bits per heavy atom. The molecular formula is C21H25ClF4N4O3. The highest BCUT2D eigenvalue weighted by atomic mass is 35.5. The Balaban J connectivity index is 1.27. The predicted molar refractivity (Wildman–Crippen MR) is 111 cm³/mol. The fourth-order valence-electron chi connectivity index (χ4n) is 4.88. The second-order valence-corrected chi connectivity index (χ2v) is 9.37. The maximum absolute atomic E-state index is 13.5. The molecule has 7 nitrogen and oxygen atoms in total. The van der Waals surface area contributed by atoms with E-state index in [-0.39, 0.29) is 53.6 Å². The van der Waals surface area contributed by atoms with Crippen LogP contribution >= 0.6 is 11.6 Å². The predicted octanol–water partition coefficient (Wildman–Crippen LogP) is 2.40. The van der Waals surface area contributed by atoms with Gasteiger partial charge < -0.3 is 15.4 Å². The molecule has 2 amide bonds. The van der Waals surface area contributed by atoms with E-state index in [0.29, 0.717) is 6.42 Å². The molecule has 2 unspecified atom stereocenters. The lowest BCUT2D eigenvalue weighted by Crippen LogP contribution is -2.61. The number of carbonyl (C=O) groups is 2. The van der Waals surface area contributed by atoms with Gasteiger partial charge in [-0.25, -0.2) is 14.8 Å². The number of alkyl halides is 3. The molecular weight excluding hydrogens is 468 g/mol. The van der Waals surface area contributed by atoms with Crippen molar-refractivity contribution in [1.29, 1.82) is 0 Å². The highest BCUT2D eigenvalue weighted by molar-refractivity contribution is 6.30. The molecule has 4 aliphatic rings. The van der Waals surface area contributed by atoms with Gasteiger partial charge in [0.2, 0.25) is 5.91 Å². The third-order valence-electron chi connectivity index (χ3n) is 6.78. The van der Waals surface area contributed by atoms with Gasteiger partial charge in [0, 0.05) is 25.2 Å². The van der Waals surface area contributed by atoms with E-state index in [0.717, 1.165) is 18.9 Å². The van der Waals surface area contributed by atoms with Gasteiger partial charge in [0.25, 0.3) is 5.91 Å². The Morgan fingerprint density at radius 2 is 1.82 bits per heavy atom. The van der Waals surface area contributed by atoms with Crippen LogP contribution < -0.4 is 20.8 Å². The second kappa shape index (κ2) is 9.27. The minimum Gasteiger partial charge on any atom is -0.484 e. The molecule has 0 spiro atoms. The third kappa shape index (κ3) is 5.36. The van der Waals surface area contributed by atoms with Crippen molar-refractivity contribution in [3.8, 4) is 5.75 Å². The zero-order valence-corrected chi connectivity index (χ0v) is 18.5. The number of ether oxygens (including phenoxy) is 1. The van der Waals surface area contributed by atoms with Gasteiger partial charge in [0.1, 0.15) is 23.7 Å². The van der Waals surface area contributed by atoms with Crippen molar-refractivity contribution in [2.45, 2.75) is 56.0 Å². The summed E-state index contributed by atoms with van der Waals surface area (Å²) in [6.07, 6.45) is -2.64. The Morgan fingerprint density at radius 3 is 2.42 bits per heavy atom. The number of halogens is 5. The lowest BCUT2D eigenvalue weighted by Gasteiger charge is -2.51. The van der Waals surface area contributed by atoms with Crippen molar-refractivity contribution in [3.05, 3.63) is 29.0 Å². The summed E-state index contributed by atoms with van der Waals surface area (Å²) in [6.45, 7) is -0.303. The molecule has 1 saturated heterocycles. The molecule has 1 aromatic rings. The molecule has 2 bridgehead atoms. The monoisotopic (exact) mass is 492 g/mol. The summed E-state index contributed by atoms with van der Waals surface area (Å²) in [4.78, 5) is 25.0. The van der Waals surface area contributed by atoms with Gasteiger partial charge in [-0.15, -0.1) is 0 Å². The first-order valence-corrected chi connectivity index (χ1v) is 11.1. The number of rotatable bonds is 6. The van der Waals surface area contributed by atoms with E-state index in [1.165, 1.54) is 24.2 Å². The maximum atomic E-state index is 13.5. The molecule has 1 aliphatic heterocycles. The number of nitrogens with one attached hydrogen (secondary N) is 3. The number of benzene rings is 1. The van der Waals surface area contributed by atoms with Crippen LogP contribution in [0.2, 0.25) is 5.02 Å². The van der Waals surface area contributed by atoms with E-state index in [9.17, 15) is 27.2 Å². The van der Waals surface area contributed by atoms with Crippen molar-refractivity contribution in [1.82, 2.24) is 21.1 Å². The number of fused-ring (bicyclic) bond motifs is 2. The molecule has 0 aromatic heterocycles. The van der Waals surface area contributed by atoms with E-state index in [1.807, 2.05) is 0 Å². The van der Waals surface area contributed by atoms with E-state index in [2.05, 4.69) is 16.1 Å². The standard InChI is InChI=1S/C21H25ClF4N4O3/c1-30-17(8-18(29-30)21(24,25)26)20(32)28-16-7-15(10-4-11(16)5-10)27-19(31)9-33-12-2-3-13(22)14(23)6-12/h2-3,6,10-11,15-18,29H,4-5,7-9H2,1H3,(H,27,31)(H,28,32)/t10?,11?,15-,16+,17?,18?/m0/s1. The summed E-state index contributed by atoms with van der Waals surface area (Å²) < 4.78 is 57.8. The van der Waals surface area contributed by atoms with Crippen molar-refractivity contribution in [3.63, 3.8) is 0 Å². The summed E-state index contributed by atoms with van der Waals surface area (Å²) in [5, 5.41) is 6.96. The first-order valence-electron chi connectivity index (χ1n) is 10.7. The number of amides is 2. The van der Waals surface area contributed by atoms with Crippen LogP contribution in [0.15, 0.2) is 18.2 Å². The summed E-state index contributed by atoms with van der Waals surface area (Å²) in [6, 6.07) is 0.810. The molecule has 3 saturated carbocycles. The summed E-state index contributed by atoms with van der Waals surface area (Å²) in [5.74, 6) is -0.769. The van der Waals surface area contributed by atoms with Crippen molar-refractivity contribution in [2.75, 3.05) is 13.7 Å². The normalized spacial score (nSPS) is 31.6. The van der Waals surface area contributed by atoms with Crippen LogP contribution in [0, 0.1) is 17.7 Å². The van der Waals surface area contributed by atoms with E-state index in [4.69, 9.17) is 16.3 Å². The zero-order valence-electron chi connectivity index (χ0n) is 17.8. The molecule has 0 radical (unpaired) electrons. The van der Waals surface area contributed by atoms with Gasteiger partial charge in [-0.2, -0.15) is 13.2 Å². The lowest BCUT2D eigenvalue weighted by molar-refractivity contribution is -0.156. The minimum absolute atomic E-state index is 0.0462. The van der Waals surface area contributed by atoms with Crippen LogP contribution in [-0.4, -0.2) is 60.8 Å². The van der Waals surface area contributed by atoms with Crippen molar-refractivity contribution >= 4 is 23.4 Å². The average Bonchev–Trinajstić information content (AvgIpc) is 3.10. The molecule has 33 heavy (non-hydrogen) atoms. The largest absolute Gasteiger partial charge is 0.484 e. The molecule has 1 aromatic carbocycles. The van der Waals surface area contributed by atoms with Crippen LogP contribution in [0.4, 0.5) is 17.6 Å². The molecule has 4 fully saturated rings. The second-order valence-electron chi connectivity index (χ2n) is 8.97. The van der Waals surface area contributed by atoms with Gasteiger partial charge in [-0.05, 0) is 49.7 Å². The molecule has 182 valence electrons. The molecule has 3 aliphatic carbocycles. The van der Waals surface area contributed by atoms with Gasteiger partial charge in [-0.3, -0.25) is 9.59 Å². The maximum Gasteiger partial charge on any atom is 0.405 e. The number of likely N-dealkylation sites (N-methyl/N-ethyl adjacent to an activating group) is 1. The summed E-state index contributed by atoms with van der Waals surface area (Å²) in [5.41, 5.74) is 2.30.